The summed E-state index contributed by atoms with van der Waals surface area (Å²) >= 11 is 0. The minimum Gasteiger partial charge on any atom is -0.368 e. The molecule has 0 bridgehead atoms. The van der Waals surface area contributed by atoms with Crippen molar-refractivity contribution in [2.24, 2.45) is 21.5 Å². The summed E-state index contributed by atoms with van der Waals surface area (Å²) in [6.45, 7) is 4.84. The molecule has 0 amide bonds. The fourth-order valence-corrected chi connectivity index (χ4v) is 0.878. The Balaban J connectivity index is 2.76. The van der Waals surface area contributed by atoms with Gasteiger partial charge < -0.3 is 10.6 Å². The zero-order valence-corrected chi connectivity index (χ0v) is 7.67. The summed E-state index contributed by atoms with van der Waals surface area (Å²) in [6.07, 6.45) is 0.151. The van der Waals surface area contributed by atoms with Gasteiger partial charge in [-0.25, -0.2) is 9.79 Å². The van der Waals surface area contributed by atoms with Gasteiger partial charge in [-0.1, -0.05) is 6.58 Å². The van der Waals surface area contributed by atoms with Crippen LogP contribution in [0.15, 0.2) is 22.6 Å². The van der Waals surface area contributed by atoms with Gasteiger partial charge in [0.2, 0.25) is 12.2 Å². The van der Waals surface area contributed by atoms with Crippen LogP contribution in [0.2, 0.25) is 0 Å². The van der Waals surface area contributed by atoms with Crippen LogP contribution in [0, 0.1) is 0 Å². The fourth-order valence-electron chi connectivity index (χ4n) is 0.878. The topological polar surface area (TPSA) is 106 Å². The van der Waals surface area contributed by atoms with Gasteiger partial charge in [0.15, 0.2) is 0 Å². The van der Waals surface area contributed by atoms with Crippen molar-refractivity contribution in [3.05, 3.63) is 12.7 Å². The Kier molecular flexibility index (Phi) is 2.82. The number of hydrogen-bond acceptors (Lipinski definition) is 7. The maximum absolute atomic E-state index is 10.9. The molecule has 0 spiro atoms. The molecule has 1 aliphatic rings. The Morgan fingerprint density at radius 3 is 2.93 bits per heavy atom. The zero-order chi connectivity index (χ0) is 10.7. The van der Waals surface area contributed by atoms with Crippen molar-refractivity contribution in [1.82, 2.24) is 5.06 Å². The van der Waals surface area contributed by atoms with E-state index in [1.54, 1.807) is 6.92 Å². The number of amidine groups is 1. The van der Waals surface area contributed by atoms with Gasteiger partial charge in [-0.2, -0.15) is 10.1 Å². The second kappa shape index (κ2) is 3.88. The van der Waals surface area contributed by atoms with Crippen molar-refractivity contribution in [1.29, 1.82) is 0 Å². The van der Waals surface area contributed by atoms with Crippen LogP contribution in [0.5, 0.6) is 0 Å². The van der Waals surface area contributed by atoms with E-state index in [4.69, 9.17) is 16.3 Å². The van der Waals surface area contributed by atoms with Crippen molar-refractivity contribution >= 4 is 17.8 Å². The van der Waals surface area contributed by atoms with Crippen LogP contribution in [0.4, 0.5) is 0 Å². The standard InChI is InChI=1S/C7H11N5O2/c1-3-5(13)14-12-4(2)10-6(8)11-7(12)9/h3,7H,1,9H2,2H3,(H2,8,11). The second-order valence-electron chi connectivity index (χ2n) is 2.50. The van der Waals surface area contributed by atoms with Gasteiger partial charge >= 0.3 is 5.97 Å². The van der Waals surface area contributed by atoms with Crippen molar-refractivity contribution in [3.63, 3.8) is 0 Å². The van der Waals surface area contributed by atoms with E-state index >= 15 is 0 Å². The number of hydroxylamine groups is 2. The third-order valence-electron chi connectivity index (χ3n) is 1.46. The molecule has 1 unspecified atom stereocenters. The number of hydrogen-bond donors (Lipinski definition) is 2. The molecule has 0 aromatic heterocycles. The first-order valence-electron chi connectivity index (χ1n) is 3.82. The first-order chi connectivity index (χ1) is 6.54. The second-order valence-corrected chi connectivity index (χ2v) is 2.50. The van der Waals surface area contributed by atoms with E-state index in [-0.39, 0.29) is 5.96 Å². The summed E-state index contributed by atoms with van der Waals surface area (Å²) in [5, 5.41) is 1.06. The predicted molar refractivity (Wildman–Crippen MR) is 50.8 cm³/mol. The maximum atomic E-state index is 10.9. The highest BCUT2D eigenvalue weighted by Crippen LogP contribution is 2.05. The predicted octanol–water partition coefficient (Wildman–Crippen LogP) is -1.08. The molecule has 0 saturated heterocycles. The summed E-state index contributed by atoms with van der Waals surface area (Å²) in [5.74, 6) is -0.216. The van der Waals surface area contributed by atoms with Crippen LogP contribution >= 0.6 is 0 Å². The lowest BCUT2D eigenvalue weighted by atomic mass is 10.5. The highest BCUT2D eigenvalue weighted by molar-refractivity contribution is 5.96. The first-order valence-corrected chi connectivity index (χ1v) is 3.82. The summed E-state index contributed by atoms with van der Waals surface area (Å²) in [4.78, 5) is 23.1. The lowest BCUT2D eigenvalue weighted by Crippen LogP contribution is -2.48. The van der Waals surface area contributed by atoms with Crippen molar-refractivity contribution in [3.8, 4) is 0 Å². The summed E-state index contributed by atoms with van der Waals surface area (Å²) in [7, 11) is 0. The average molecular weight is 197 g/mol. The van der Waals surface area contributed by atoms with Crippen LogP contribution in [0.25, 0.3) is 0 Å². The number of nitrogens with two attached hydrogens (primary N) is 2. The van der Waals surface area contributed by atoms with Gasteiger partial charge in [0, 0.05) is 6.08 Å². The molecule has 0 saturated carbocycles. The van der Waals surface area contributed by atoms with E-state index in [1.807, 2.05) is 0 Å². The molecule has 7 heteroatoms. The van der Waals surface area contributed by atoms with Gasteiger partial charge in [0.05, 0.1) is 0 Å². The number of guanidine groups is 1. The van der Waals surface area contributed by atoms with Gasteiger partial charge in [-0.3, -0.25) is 5.73 Å². The smallest absolute Gasteiger partial charge is 0.355 e. The molecular weight excluding hydrogens is 186 g/mol. The quantitative estimate of drug-likeness (QED) is 0.548. The number of nitrogens with zero attached hydrogens (tertiary/aromatic N) is 3. The zero-order valence-electron chi connectivity index (χ0n) is 7.67. The first kappa shape index (κ1) is 10.2. The lowest BCUT2D eigenvalue weighted by Gasteiger charge is -2.27. The lowest BCUT2D eigenvalue weighted by molar-refractivity contribution is -0.173. The largest absolute Gasteiger partial charge is 0.368 e. The maximum Gasteiger partial charge on any atom is 0.355 e. The Hall–Kier alpha value is -1.89. The molecule has 0 aliphatic carbocycles. The molecule has 0 aromatic rings. The van der Waals surface area contributed by atoms with Crippen molar-refractivity contribution in [2.75, 3.05) is 0 Å². The average Bonchev–Trinajstić information content (AvgIpc) is 2.10. The number of carbonyl (C=O) groups is 1. The molecule has 14 heavy (non-hydrogen) atoms. The van der Waals surface area contributed by atoms with Crippen LogP contribution in [-0.2, 0) is 9.63 Å². The van der Waals surface area contributed by atoms with E-state index in [0.717, 1.165) is 11.1 Å². The van der Waals surface area contributed by atoms with Gasteiger partial charge in [-0.15, -0.1) is 0 Å². The van der Waals surface area contributed by atoms with E-state index in [2.05, 4.69) is 16.6 Å². The Bertz CT molecular complexity index is 322. The summed E-state index contributed by atoms with van der Waals surface area (Å²) in [6, 6.07) is 0. The normalized spacial score (nSPS) is 21.0. The van der Waals surface area contributed by atoms with Crippen LogP contribution in [-0.4, -0.2) is 29.1 Å². The monoisotopic (exact) mass is 197 g/mol. The number of aliphatic imine (C=N–C) groups is 2. The Morgan fingerprint density at radius 1 is 1.79 bits per heavy atom. The number of rotatable bonds is 2. The minimum atomic E-state index is -0.864. The van der Waals surface area contributed by atoms with Crippen molar-refractivity contribution < 1.29 is 9.63 Å². The highest BCUT2D eigenvalue weighted by Gasteiger charge is 2.23. The Labute approximate surface area is 80.7 Å². The Morgan fingerprint density at radius 2 is 2.43 bits per heavy atom. The van der Waals surface area contributed by atoms with E-state index < -0.39 is 12.3 Å². The van der Waals surface area contributed by atoms with Crippen LogP contribution < -0.4 is 11.5 Å². The van der Waals surface area contributed by atoms with Crippen molar-refractivity contribution in [2.45, 2.75) is 13.2 Å². The summed E-state index contributed by atoms with van der Waals surface area (Å²) in [5.41, 5.74) is 10.9. The molecule has 1 rings (SSSR count). The molecule has 1 heterocycles. The van der Waals surface area contributed by atoms with Crippen LogP contribution in [0.1, 0.15) is 6.92 Å². The molecular formula is C7H11N5O2. The van der Waals surface area contributed by atoms with E-state index in [9.17, 15) is 4.79 Å². The van der Waals surface area contributed by atoms with Gasteiger partial charge in [-0.05, 0) is 6.92 Å². The van der Waals surface area contributed by atoms with Crippen LogP contribution in [0.3, 0.4) is 0 Å². The minimum absolute atomic E-state index is 0.0564. The molecule has 4 N–H and O–H groups in total. The van der Waals surface area contributed by atoms with E-state index in [1.165, 1.54) is 0 Å². The van der Waals surface area contributed by atoms with Gasteiger partial charge in [0.1, 0.15) is 5.84 Å². The third-order valence-corrected chi connectivity index (χ3v) is 1.46. The molecule has 1 atom stereocenters. The third kappa shape index (κ3) is 2.07. The summed E-state index contributed by atoms with van der Waals surface area (Å²) < 4.78 is 0. The highest BCUT2D eigenvalue weighted by atomic mass is 16.7. The molecule has 7 nitrogen and oxygen atoms in total. The van der Waals surface area contributed by atoms with Gasteiger partial charge in [0.25, 0.3) is 0 Å². The fraction of sp³-hybridized carbons (Fsp3) is 0.286. The molecule has 0 radical (unpaired) electrons. The molecule has 0 fully saturated rings. The molecule has 0 aromatic carbocycles. The molecule has 76 valence electrons. The number of carbonyl (C=O) groups excluding carboxylic acids is 1. The van der Waals surface area contributed by atoms with E-state index in [0.29, 0.717) is 5.84 Å². The molecule has 1 aliphatic heterocycles. The SMILES string of the molecule is C=CC(=O)ON1C(C)=NC(N)=NC1N.